The van der Waals surface area contributed by atoms with Crippen molar-refractivity contribution in [3.63, 3.8) is 0 Å². The predicted octanol–water partition coefficient (Wildman–Crippen LogP) is 7.23. The van der Waals surface area contributed by atoms with Crippen molar-refractivity contribution in [2.45, 2.75) is 95.0 Å². The van der Waals surface area contributed by atoms with Crippen LogP contribution >= 0.6 is 0 Å². The van der Waals surface area contributed by atoms with E-state index >= 15 is 0 Å². The minimum absolute atomic E-state index is 0.189. The molecule has 0 N–H and O–H groups in total. The number of ether oxygens (including phenoxy) is 1. The minimum atomic E-state index is -6.24. The van der Waals surface area contributed by atoms with Gasteiger partial charge in [0.25, 0.3) is 0 Å². The second-order valence-electron chi connectivity index (χ2n) is 10.1. The molecule has 14 heteroatoms. The number of halogens is 8. The Kier molecular flexibility index (Phi) is 11.6. The Balaban J connectivity index is 4.81. The summed E-state index contributed by atoms with van der Waals surface area (Å²) in [7, 11) is -5.89. The number of rotatable bonds is 16. The highest BCUT2D eigenvalue weighted by molar-refractivity contribution is 6.84. The third-order valence-electron chi connectivity index (χ3n) is 4.37. The number of hydrogen-bond acceptors (Lipinski definition) is 3. The first-order valence-electron chi connectivity index (χ1n) is 10.4. The lowest BCUT2D eigenvalue weighted by atomic mass is 10.1. The van der Waals surface area contributed by atoms with Crippen LogP contribution in [0.1, 0.15) is 12.8 Å². The van der Waals surface area contributed by atoms with Gasteiger partial charge in [0.05, 0.1) is 0 Å². The Bertz CT molecular complexity index is 569. The molecule has 1 unspecified atom stereocenters. The molecule has 0 aliphatic heterocycles. The van der Waals surface area contributed by atoms with E-state index in [1.165, 1.54) is 0 Å². The molecule has 194 valence electrons. The van der Waals surface area contributed by atoms with Crippen molar-refractivity contribution in [3.05, 3.63) is 0 Å². The fourth-order valence-electron chi connectivity index (χ4n) is 3.01. The first kappa shape index (κ1) is 32.0. The summed E-state index contributed by atoms with van der Waals surface area (Å²) in [5.41, 5.74) is 0. The Hall–Kier alpha value is -0.0294. The summed E-state index contributed by atoms with van der Waals surface area (Å²) < 4.78 is 120. The van der Waals surface area contributed by atoms with Gasteiger partial charge in [-0.05, 0) is 70.8 Å². The van der Waals surface area contributed by atoms with Gasteiger partial charge in [0.2, 0.25) is 0 Å². The van der Waals surface area contributed by atoms with Gasteiger partial charge in [0.15, 0.2) is 25.0 Å². The maximum atomic E-state index is 13.5. The van der Waals surface area contributed by atoms with Crippen molar-refractivity contribution < 1.29 is 48.4 Å². The first-order chi connectivity index (χ1) is 14.1. The van der Waals surface area contributed by atoms with E-state index in [2.05, 4.69) is 24.4 Å². The topological polar surface area (TPSA) is 27.7 Å². The number of alkyl halides is 8. The summed E-state index contributed by atoms with van der Waals surface area (Å²) in [6.07, 6.45) is -3.99. The fraction of sp³-hybridized carbons (Fsp3) is 1.00. The van der Waals surface area contributed by atoms with Crippen molar-refractivity contribution in [3.8, 4) is 0 Å². The maximum Gasteiger partial charge on any atom is 0.380 e. The quantitative estimate of drug-likeness (QED) is 0.118. The van der Waals surface area contributed by atoms with Gasteiger partial charge in [0.1, 0.15) is 6.61 Å². The lowest BCUT2D eigenvalue weighted by molar-refractivity contribution is -0.345. The van der Waals surface area contributed by atoms with Crippen LogP contribution in [0.5, 0.6) is 0 Å². The van der Waals surface area contributed by atoms with Gasteiger partial charge in [-0.15, -0.1) is 0 Å². The monoisotopic (exact) mass is 536 g/mol. The van der Waals surface area contributed by atoms with E-state index in [1.807, 2.05) is 26.2 Å². The highest BCUT2D eigenvalue weighted by Crippen LogP contribution is 2.48. The van der Waals surface area contributed by atoms with Gasteiger partial charge in [-0.2, -0.15) is 26.3 Å². The molecule has 1 atom stereocenters. The van der Waals surface area contributed by atoms with Crippen molar-refractivity contribution >= 4 is 25.0 Å². The molecule has 0 aliphatic rings. The van der Waals surface area contributed by atoms with Crippen LogP contribution in [0.25, 0.3) is 0 Å². The van der Waals surface area contributed by atoms with Crippen molar-refractivity contribution in [1.82, 2.24) is 0 Å². The molecule has 0 saturated heterocycles. The van der Waals surface area contributed by atoms with E-state index in [0.29, 0.717) is 12.7 Å². The van der Waals surface area contributed by atoms with Crippen LogP contribution in [-0.2, 0) is 13.3 Å². The van der Waals surface area contributed by atoms with Gasteiger partial charge >= 0.3 is 24.2 Å². The van der Waals surface area contributed by atoms with Gasteiger partial charge < -0.3 is 13.3 Å². The Morgan fingerprint density at radius 2 is 1.19 bits per heavy atom. The first-order valence-corrected chi connectivity index (χ1v) is 20.0. The zero-order valence-electron chi connectivity index (χ0n) is 19.8. The van der Waals surface area contributed by atoms with E-state index in [4.69, 9.17) is 8.54 Å². The van der Waals surface area contributed by atoms with E-state index in [-0.39, 0.29) is 6.42 Å². The molecule has 0 fully saturated rings. The van der Waals surface area contributed by atoms with E-state index < -0.39 is 62.4 Å². The van der Waals surface area contributed by atoms with Crippen molar-refractivity contribution in [2.75, 3.05) is 19.8 Å². The lowest BCUT2D eigenvalue weighted by Crippen LogP contribution is -2.59. The van der Waals surface area contributed by atoms with Crippen LogP contribution in [0.2, 0.25) is 57.9 Å². The van der Waals surface area contributed by atoms with E-state index in [1.54, 1.807) is 0 Å². The summed E-state index contributed by atoms with van der Waals surface area (Å²) in [4.78, 5) is 0. The fourth-order valence-corrected chi connectivity index (χ4v) is 12.5. The summed E-state index contributed by atoms with van der Waals surface area (Å²) in [5.74, 6) is -17.9. The molecule has 0 saturated carbocycles. The molecular weight excluding hydrogens is 500 g/mol. The molecule has 0 spiro atoms. The average molecular weight is 537 g/mol. The van der Waals surface area contributed by atoms with Gasteiger partial charge in [0, 0.05) is 13.2 Å². The molecule has 0 radical (unpaired) electrons. The average Bonchev–Trinajstić information content (AvgIpc) is 2.55. The third-order valence-corrected chi connectivity index (χ3v) is 12.7. The summed E-state index contributed by atoms with van der Waals surface area (Å²) in [6, 6.07) is 1.23. The third kappa shape index (κ3) is 10.5. The second-order valence-corrected chi connectivity index (χ2v) is 23.5. The highest BCUT2D eigenvalue weighted by atomic mass is 28.4. The van der Waals surface area contributed by atoms with E-state index in [9.17, 15) is 35.1 Å². The van der Waals surface area contributed by atoms with Crippen LogP contribution in [-0.4, -0.2) is 69.0 Å². The summed E-state index contributed by atoms with van der Waals surface area (Å²) in [5, 5.41) is 0. The SMILES string of the molecule is C[Si](C)(C)OCCC[Si](C)(CCCOCC(F)(F)C(F)(F)C(F)(F)C(F)F)O[Si](C)(C)C. The second kappa shape index (κ2) is 11.6. The van der Waals surface area contributed by atoms with Crippen molar-refractivity contribution in [1.29, 1.82) is 0 Å². The Morgan fingerprint density at radius 3 is 1.59 bits per heavy atom. The molecule has 3 nitrogen and oxygen atoms in total. The molecule has 0 aromatic heterocycles. The van der Waals surface area contributed by atoms with Crippen LogP contribution in [0, 0.1) is 0 Å². The standard InChI is InChI=1S/C18H36F8O3Si3/c1-30(2,3)28-11-9-13-32(7,29-31(4,5)6)12-8-10-27-14-16(21,22)18(25,26)17(23,24)15(19)20/h15H,8-14H2,1-7H3. The molecule has 0 amide bonds. The zero-order chi connectivity index (χ0) is 25.6. The molecule has 0 heterocycles. The molecule has 0 aliphatic carbocycles. The van der Waals surface area contributed by atoms with Crippen LogP contribution < -0.4 is 0 Å². The van der Waals surface area contributed by atoms with E-state index in [0.717, 1.165) is 12.5 Å². The Labute approximate surface area is 188 Å². The van der Waals surface area contributed by atoms with Gasteiger partial charge in [-0.1, -0.05) is 0 Å². The van der Waals surface area contributed by atoms with Crippen LogP contribution in [0.15, 0.2) is 0 Å². The highest BCUT2D eigenvalue weighted by Gasteiger charge is 2.75. The number of hydrogen-bond donors (Lipinski definition) is 0. The molecule has 0 rings (SSSR count). The van der Waals surface area contributed by atoms with Crippen LogP contribution in [0.4, 0.5) is 35.1 Å². The Morgan fingerprint density at radius 1 is 0.719 bits per heavy atom. The normalized spacial score (nSPS) is 16.5. The lowest BCUT2D eigenvalue weighted by Gasteiger charge is -2.35. The minimum Gasteiger partial charge on any atom is -0.456 e. The maximum absolute atomic E-state index is 13.5. The largest absolute Gasteiger partial charge is 0.456 e. The molecule has 0 bridgehead atoms. The summed E-state index contributed by atoms with van der Waals surface area (Å²) in [6.45, 7) is 12.3. The zero-order valence-corrected chi connectivity index (χ0v) is 22.8. The van der Waals surface area contributed by atoms with Gasteiger partial charge in [-0.3, -0.25) is 0 Å². The predicted molar refractivity (Wildman–Crippen MR) is 116 cm³/mol. The van der Waals surface area contributed by atoms with Crippen molar-refractivity contribution in [2.24, 2.45) is 0 Å². The molecule has 0 aromatic rings. The molecular formula is C18H36F8O3Si3. The molecule has 0 aromatic carbocycles. The smallest absolute Gasteiger partial charge is 0.380 e. The summed E-state index contributed by atoms with van der Waals surface area (Å²) >= 11 is 0. The molecule has 32 heavy (non-hydrogen) atoms. The van der Waals surface area contributed by atoms with Crippen LogP contribution in [0.3, 0.4) is 0 Å². The van der Waals surface area contributed by atoms with Gasteiger partial charge in [-0.25, -0.2) is 8.78 Å².